The summed E-state index contributed by atoms with van der Waals surface area (Å²) in [6, 6.07) is 16.9. The average Bonchev–Trinajstić information content (AvgIpc) is 2.72. The predicted molar refractivity (Wildman–Crippen MR) is 109 cm³/mol. The maximum atomic E-state index is 12.4. The van der Waals surface area contributed by atoms with Gasteiger partial charge in [0.05, 0.1) is 4.92 Å². The number of hydrogen-bond acceptors (Lipinski definition) is 5. The third-order valence-electron chi connectivity index (χ3n) is 4.63. The molecule has 0 radical (unpaired) electrons. The number of piperazine rings is 1. The molecule has 27 heavy (non-hydrogen) atoms. The fourth-order valence-corrected chi connectivity index (χ4v) is 3.97. The summed E-state index contributed by atoms with van der Waals surface area (Å²) in [6.07, 6.45) is 0.565. The molecule has 3 rings (SSSR count). The Bertz CT molecular complexity index is 760. The van der Waals surface area contributed by atoms with Gasteiger partial charge in [0, 0.05) is 61.9 Å². The Morgan fingerprint density at radius 2 is 1.67 bits per heavy atom. The zero-order valence-electron chi connectivity index (χ0n) is 15.1. The lowest BCUT2D eigenvalue weighted by atomic mass is 10.2. The largest absolute Gasteiger partial charge is 0.368 e. The number of benzene rings is 2. The van der Waals surface area contributed by atoms with Crippen LogP contribution in [0.4, 0.5) is 11.4 Å². The highest BCUT2D eigenvalue weighted by Gasteiger charge is 2.21. The second-order valence-electron chi connectivity index (χ2n) is 6.43. The molecule has 0 spiro atoms. The number of nitrogens with zero attached hydrogens (tertiary/aromatic N) is 3. The summed E-state index contributed by atoms with van der Waals surface area (Å²) >= 11 is 1.79. The highest BCUT2D eigenvalue weighted by atomic mass is 32.2. The molecular weight excluding hydrogens is 362 g/mol. The van der Waals surface area contributed by atoms with Crippen LogP contribution in [0.5, 0.6) is 0 Å². The molecule has 7 heteroatoms. The highest BCUT2D eigenvalue weighted by Crippen LogP contribution is 2.21. The molecule has 6 nitrogen and oxygen atoms in total. The fraction of sp³-hybridized carbons (Fsp3) is 0.350. The number of non-ortho nitro benzene ring substituents is 1. The van der Waals surface area contributed by atoms with Crippen LogP contribution >= 0.6 is 11.8 Å². The topological polar surface area (TPSA) is 66.7 Å². The Morgan fingerprint density at radius 3 is 2.30 bits per heavy atom. The van der Waals surface area contributed by atoms with Gasteiger partial charge in [0.1, 0.15) is 0 Å². The average molecular weight is 385 g/mol. The lowest BCUT2D eigenvalue weighted by molar-refractivity contribution is -0.384. The molecule has 0 aliphatic carbocycles. The van der Waals surface area contributed by atoms with Crippen LogP contribution in [0.2, 0.25) is 0 Å². The standard InChI is InChI=1S/C20H23N3O3S/c24-20(10-15-27-16-17-4-2-1-3-5-17)22-13-11-21(12-14-22)18-6-8-19(9-7-18)23(25)26/h1-9H,10-16H2. The second kappa shape index (κ2) is 9.41. The van der Waals surface area contributed by atoms with Gasteiger partial charge in [0.25, 0.3) is 5.69 Å². The molecule has 2 aromatic rings. The van der Waals surface area contributed by atoms with E-state index in [2.05, 4.69) is 17.0 Å². The van der Waals surface area contributed by atoms with E-state index in [1.54, 1.807) is 23.9 Å². The molecule has 1 fully saturated rings. The second-order valence-corrected chi connectivity index (χ2v) is 7.53. The van der Waals surface area contributed by atoms with Gasteiger partial charge in [-0.05, 0) is 17.7 Å². The van der Waals surface area contributed by atoms with E-state index in [1.165, 1.54) is 17.7 Å². The van der Waals surface area contributed by atoms with E-state index in [0.717, 1.165) is 30.3 Å². The van der Waals surface area contributed by atoms with Gasteiger partial charge in [-0.3, -0.25) is 14.9 Å². The minimum atomic E-state index is -0.393. The minimum Gasteiger partial charge on any atom is -0.368 e. The number of anilines is 1. The summed E-state index contributed by atoms with van der Waals surface area (Å²) in [4.78, 5) is 26.8. The Kier molecular flexibility index (Phi) is 6.70. The molecular formula is C20H23N3O3S. The van der Waals surface area contributed by atoms with Crippen LogP contribution in [-0.2, 0) is 10.5 Å². The van der Waals surface area contributed by atoms with Crippen molar-refractivity contribution >= 4 is 29.0 Å². The van der Waals surface area contributed by atoms with Crippen LogP contribution in [0, 0.1) is 10.1 Å². The molecule has 0 unspecified atom stereocenters. The molecule has 1 amide bonds. The number of carbonyl (C=O) groups excluding carboxylic acids is 1. The Hall–Kier alpha value is -2.54. The van der Waals surface area contributed by atoms with E-state index in [-0.39, 0.29) is 11.6 Å². The molecule has 0 N–H and O–H groups in total. The summed E-state index contributed by atoms with van der Waals surface area (Å²) in [5.74, 6) is 1.97. The van der Waals surface area contributed by atoms with Gasteiger partial charge < -0.3 is 9.80 Å². The van der Waals surface area contributed by atoms with Gasteiger partial charge in [0.2, 0.25) is 5.91 Å². The van der Waals surface area contributed by atoms with Crippen LogP contribution < -0.4 is 4.90 Å². The normalized spacial score (nSPS) is 14.2. The fourth-order valence-electron chi connectivity index (χ4n) is 3.08. The number of hydrogen-bond donors (Lipinski definition) is 0. The number of carbonyl (C=O) groups is 1. The molecule has 2 aromatic carbocycles. The third kappa shape index (κ3) is 5.47. The van der Waals surface area contributed by atoms with Gasteiger partial charge in [-0.1, -0.05) is 30.3 Å². The van der Waals surface area contributed by atoms with Crippen molar-refractivity contribution in [1.29, 1.82) is 0 Å². The van der Waals surface area contributed by atoms with Gasteiger partial charge in [-0.15, -0.1) is 0 Å². The molecule has 1 heterocycles. The molecule has 1 aliphatic rings. The van der Waals surface area contributed by atoms with E-state index in [9.17, 15) is 14.9 Å². The zero-order valence-corrected chi connectivity index (χ0v) is 15.9. The summed E-state index contributed by atoms with van der Waals surface area (Å²) in [5.41, 5.74) is 2.35. The van der Waals surface area contributed by atoms with E-state index in [4.69, 9.17) is 0 Å². The molecule has 0 saturated carbocycles. The maximum absolute atomic E-state index is 12.4. The number of amides is 1. The van der Waals surface area contributed by atoms with Crippen LogP contribution in [0.1, 0.15) is 12.0 Å². The first kappa shape index (κ1) is 19.2. The molecule has 0 atom stereocenters. The summed E-state index contributed by atoms with van der Waals surface area (Å²) in [6.45, 7) is 2.89. The molecule has 142 valence electrons. The van der Waals surface area contributed by atoms with Crippen molar-refractivity contribution in [1.82, 2.24) is 4.90 Å². The molecule has 1 saturated heterocycles. The lowest BCUT2D eigenvalue weighted by Crippen LogP contribution is -2.48. The summed E-state index contributed by atoms with van der Waals surface area (Å²) in [7, 11) is 0. The Balaban J connectivity index is 1.39. The van der Waals surface area contributed by atoms with E-state index >= 15 is 0 Å². The molecule has 1 aliphatic heterocycles. The summed E-state index contributed by atoms with van der Waals surface area (Å²) in [5, 5.41) is 10.7. The quantitative estimate of drug-likeness (QED) is 0.414. The maximum Gasteiger partial charge on any atom is 0.269 e. The van der Waals surface area contributed by atoms with Crippen LogP contribution in [-0.4, -0.2) is 47.7 Å². The number of thioether (sulfide) groups is 1. The monoisotopic (exact) mass is 385 g/mol. The third-order valence-corrected chi connectivity index (χ3v) is 5.66. The SMILES string of the molecule is O=C(CCSCc1ccccc1)N1CCN(c2ccc([N+](=O)[O-])cc2)CC1. The van der Waals surface area contributed by atoms with Crippen LogP contribution in [0.25, 0.3) is 0 Å². The van der Waals surface area contributed by atoms with Crippen LogP contribution in [0.3, 0.4) is 0 Å². The molecule has 0 aromatic heterocycles. The highest BCUT2D eigenvalue weighted by molar-refractivity contribution is 7.98. The van der Waals surface area contributed by atoms with Crippen molar-refractivity contribution in [2.45, 2.75) is 12.2 Å². The lowest BCUT2D eigenvalue weighted by Gasteiger charge is -2.36. The number of nitro benzene ring substituents is 1. The van der Waals surface area contributed by atoms with E-state index < -0.39 is 4.92 Å². The summed E-state index contributed by atoms with van der Waals surface area (Å²) < 4.78 is 0. The minimum absolute atomic E-state index is 0.0977. The first-order valence-electron chi connectivity index (χ1n) is 9.02. The smallest absolute Gasteiger partial charge is 0.269 e. The van der Waals surface area contributed by atoms with Crippen molar-refractivity contribution in [3.8, 4) is 0 Å². The van der Waals surface area contributed by atoms with Crippen molar-refractivity contribution in [3.63, 3.8) is 0 Å². The van der Waals surface area contributed by atoms with Crippen molar-refractivity contribution in [2.24, 2.45) is 0 Å². The van der Waals surface area contributed by atoms with E-state index in [1.807, 2.05) is 23.1 Å². The Morgan fingerprint density at radius 1 is 1.00 bits per heavy atom. The van der Waals surface area contributed by atoms with Gasteiger partial charge in [0.15, 0.2) is 0 Å². The van der Waals surface area contributed by atoms with Gasteiger partial charge in [-0.2, -0.15) is 11.8 Å². The van der Waals surface area contributed by atoms with Crippen molar-refractivity contribution < 1.29 is 9.72 Å². The van der Waals surface area contributed by atoms with Crippen LogP contribution in [0.15, 0.2) is 54.6 Å². The predicted octanol–water partition coefficient (Wildman–Crippen LogP) is 3.57. The zero-order chi connectivity index (χ0) is 19.1. The van der Waals surface area contributed by atoms with Crippen molar-refractivity contribution in [3.05, 3.63) is 70.3 Å². The van der Waals surface area contributed by atoms with Crippen molar-refractivity contribution in [2.75, 3.05) is 36.8 Å². The molecule has 0 bridgehead atoms. The van der Waals surface area contributed by atoms with Gasteiger partial charge in [-0.25, -0.2) is 0 Å². The first-order chi connectivity index (χ1) is 13.1. The van der Waals surface area contributed by atoms with E-state index in [0.29, 0.717) is 19.5 Å². The number of rotatable bonds is 7. The first-order valence-corrected chi connectivity index (χ1v) is 10.2. The number of nitro groups is 1. The van der Waals surface area contributed by atoms with Gasteiger partial charge >= 0.3 is 0 Å². The Labute approximate surface area is 163 Å².